The van der Waals surface area contributed by atoms with Crippen molar-refractivity contribution in [1.29, 1.82) is 0 Å². The lowest BCUT2D eigenvalue weighted by Crippen LogP contribution is -2.40. The summed E-state index contributed by atoms with van der Waals surface area (Å²) in [6, 6.07) is -0.243. The number of nitrogens with one attached hydrogen (secondary N) is 1. The highest BCUT2D eigenvalue weighted by atomic mass is 35.5. The van der Waals surface area contributed by atoms with Gasteiger partial charge in [0.1, 0.15) is 11.9 Å². The number of carbonyl (C=O) groups is 2. The van der Waals surface area contributed by atoms with E-state index in [0.29, 0.717) is 6.20 Å². The summed E-state index contributed by atoms with van der Waals surface area (Å²) in [5.74, 6) is -1.56. The summed E-state index contributed by atoms with van der Waals surface area (Å²) in [6.45, 7) is 1.41. The zero-order valence-electron chi connectivity index (χ0n) is 12.3. The van der Waals surface area contributed by atoms with Gasteiger partial charge in [0.2, 0.25) is 5.91 Å². The highest BCUT2D eigenvalue weighted by molar-refractivity contribution is 6.32. The standard InChI is InChI=1S/C13H15ClF3N3O3/c1-7(12(22)23)20(2)10(21)3-4-18-11-9(14)5-8(6-19-11)13(15,16)17/h5-7H,3-4H2,1-2H3,(H,18,19)(H,22,23). The Balaban J connectivity index is 2.60. The number of hydrogen-bond donors (Lipinski definition) is 2. The second-order valence-corrected chi connectivity index (χ2v) is 5.16. The van der Waals surface area contributed by atoms with Crippen molar-refractivity contribution in [1.82, 2.24) is 9.88 Å². The third kappa shape index (κ3) is 5.27. The third-order valence-corrected chi connectivity index (χ3v) is 3.42. The zero-order chi connectivity index (χ0) is 17.8. The first-order chi connectivity index (χ1) is 10.5. The van der Waals surface area contributed by atoms with Gasteiger partial charge in [-0.05, 0) is 13.0 Å². The summed E-state index contributed by atoms with van der Waals surface area (Å²) >= 11 is 5.71. The largest absolute Gasteiger partial charge is 0.480 e. The van der Waals surface area contributed by atoms with E-state index >= 15 is 0 Å². The molecule has 0 aliphatic rings. The topological polar surface area (TPSA) is 82.5 Å². The number of alkyl halides is 3. The van der Waals surface area contributed by atoms with Gasteiger partial charge in [-0.2, -0.15) is 13.2 Å². The molecule has 0 spiro atoms. The molecule has 10 heteroatoms. The molecule has 6 nitrogen and oxygen atoms in total. The molecule has 1 rings (SSSR count). The second-order valence-electron chi connectivity index (χ2n) is 4.75. The number of pyridine rings is 1. The van der Waals surface area contributed by atoms with Gasteiger partial charge in [-0.25, -0.2) is 9.78 Å². The Hall–Kier alpha value is -2.03. The number of carbonyl (C=O) groups excluding carboxylic acids is 1. The molecule has 0 radical (unpaired) electrons. The van der Waals surface area contributed by atoms with Gasteiger partial charge in [0.15, 0.2) is 0 Å². The molecule has 0 bridgehead atoms. The Morgan fingerprint density at radius 1 is 1.48 bits per heavy atom. The van der Waals surface area contributed by atoms with Crippen molar-refractivity contribution in [3.63, 3.8) is 0 Å². The molecule has 1 heterocycles. The highest BCUT2D eigenvalue weighted by Gasteiger charge is 2.31. The maximum Gasteiger partial charge on any atom is 0.417 e. The van der Waals surface area contributed by atoms with Crippen molar-refractivity contribution >= 4 is 29.3 Å². The van der Waals surface area contributed by atoms with E-state index in [9.17, 15) is 22.8 Å². The van der Waals surface area contributed by atoms with Gasteiger partial charge in [0.05, 0.1) is 10.6 Å². The van der Waals surface area contributed by atoms with Crippen LogP contribution in [0.1, 0.15) is 18.9 Å². The number of likely N-dealkylation sites (N-methyl/N-ethyl adjacent to an activating group) is 1. The third-order valence-electron chi connectivity index (χ3n) is 3.13. The predicted molar refractivity (Wildman–Crippen MR) is 77.2 cm³/mol. The smallest absolute Gasteiger partial charge is 0.417 e. The number of carboxylic acid groups (broad SMARTS) is 1. The normalized spacial score (nSPS) is 12.6. The fourth-order valence-corrected chi connectivity index (χ4v) is 1.80. The van der Waals surface area contributed by atoms with Crippen LogP contribution in [-0.4, -0.2) is 46.5 Å². The number of aromatic nitrogens is 1. The van der Waals surface area contributed by atoms with Crippen molar-refractivity contribution in [2.75, 3.05) is 18.9 Å². The first-order valence-corrected chi connectivity index (χ1v) is 6.87. The first kappa shape index (κ1) is 19.0. The van der Waals surface area contributed by atoms with Gasteiger partial charge in [0.25, 0.3) is 0 Å². The summed E-state index contributed by atoms with van der Waals surface area (Å²) < 4.78 is 37.4. The van der Waals surface area contributed by atoms with E-state index in [4.69, 9.17) is 16.7 Å². The molecule has 0 aromatic carbocycles. The van der Waals surface area contributed by atoms with Crippen LogP contribution in [0.3, 0.4) is 0 Å². The summed E-state index contributed by atoms with van der Waals surface area (Å²) in [6.07, 6.45) is -3.97. The van der Waals surface area contributed by atoms with E-state index in [2.05, 4.69) is 10.3 Å². The van der Waals surface area contributed by atoms with Crippen molar-refractivity contribution in [3.05, 3.63) is 22.8 Å². The van der Waals surface area contributed by atoms with Gasteiger partial charge >= 0.3 is 12.1 Å². The number of aliphatic carboxylic acids is 1. The molecule has 1 atom stereocenters. The van der Waals surface area contributed by atoms with Gasteiger partial charge in [-0.3, -0.25) is 4.79 Å². The molecule has 2 N–H and O–H groups in total. The lowest BCUT2D eigenvalue weighted by molar-refractivity contribution is -0.148. The molecule has 0 saturated heterocycles. The second kappa shape index (κ2) is 7.49. The molecule has 128 valence electrons. The molecule has 0 aliphatic heterocycles. The first-order valence-electron chi connectivity index (χ1n) is 6.49. The fraction of sp³-hybridized carbons (Fsp3) is 0.462. The molecular formula is C13H15ClF3N3O3. The summed E-state index contributed by atoms with van der Waals surface area (Å²) in [5, 5.41) is 11.2. The SMILES string of the molecule is CC(C(=O)O)N(C)C(=O)CCNc1ncc(C(F)(F)F)cc1Cl. The molecule has 0 fully saturated rings. The molecule has 0 aliphatic carbocycles. The van der Waals surface area contributed by atoms with Crippen molar-refractivity contribution in [3.8, 4) is 0 Å². The van der Waals surface area contributed by atoms with Crippen LogP contribution in [0, 0.1) is 0 Å². The predicted octanol–water partition coefficient (Wildman–Crippen LogP) is 2.49. The highest BCUT2D eigenvalue weighted by Crippen LogP contribution is 2.32. The van der Waals surface area contributed by atoms with E-state index in [1.54, 1.807) is 0 Å². The van der Waals surface area contributed by atoms with Crippen LogP contribution in [0.25, 0.3) is 0 Å². The number of hydrogen-bond acceptors (Lipinski definition) is 4. The van der Waals surface area contributed by atoms with E-state index in [1.807, 2.05) is 0 Å². The number of carboxylic acids is 1. The minimum absolute atomic E-state index is 0.0152. The Bertz CT molecular complexity index is 596. The van der Waals surface area contributed by atoms with E-state index in [0.717, 1.165) is 11.0 Å². The summed E-state index contributed by atoms with van der Waals surface area (Å²) in [5.41, 5.74) is -0.973. The Kier molecular flexibility index (Phi) is 6.20. The van der Waals surface area contributed by atoms with Gasteiger partial charge in [-0.15, -0.1) is 0 Å². The fourth-order valence-electron chi connectivity index (χ4n) is 1.57. The maximum atomic E-state index is 12.5. The molecule has 23 heavy (non-hydrogen) atoms. The minimum atomic E-state index is -4.54. The average Bonchev–Trinajstić information content (AvgIpc) is 2.45. The number of anilines is 1. The molecular weight excluding hydrogens is 339 g/mol. The van der Waals surface area contributed by atoms with Gasteiger partial charge in [-0.1, -0.05) is 11.6 Å². The van der Waals surface area contributed by atoms with Crippen LogP contribution in [0.2, 0.25) is 5.02 Å². The van der Waals surface area contributed by atoms with Crippen LogP contribution in [0.15, 0.2) is 12.3 Å². The zero-order valence-corrected chi connectivity index (χ0v) is 13.1. The number of nitrogens with zero attached hydrogens (tertiary/aromatic N) is 2. The molecule has 1 unspecified atom stereocenters. The van der Waals surface area contributed by atoms with Crippen molar-refractivity contribution < 1.29 is 27.9 Å². The Labute approximate surface area is 135 Å². The minimum Gasteiger partial charge on any atom is -0.480 e. The van der Waals surface area contributed by atoms with Crippen molar-refractivity contribution in [2.24, 2.45) is 0 Å². The van der Waals surface area contributed by atoms with Crippen LogP contribution in [0.5, 0.6) is 0 Å². The monoisotopic (exact) mass is 353 g/mol. The quantitative estimate of drug-likeness (QED) is 0.821. The van der Waals surface area contributed by atoms with Gasteiger partial charge < -0.3 is 15.3 Å². The van der Waals surface area contributed by atoms with Crippen LogP contribution >= 0.6 is 11.6 Å². The number of amides is 1. The molecule has 1 amide bonds. The Morgan fingerprint density at radius 2 is 2.09 bits per heavy atom. The van der Waals surface area contributed by atoms with Crippen molar-refractivity contribution in [2.45, 2.75) is 25.6 Å². The number of rotatable bonds is 6. The molecule has 1 aromatic heterocycles. The van der Waals surface area contributed by atoms with E-state index < -0.39 is 29.7 Å². The molecule has 0 saturated carbocycles. The average molecular weight is 354 g/mol. The maximum absolute atomic E-state index is 12.5. The van der Waals surface area contributed by atoms with E-state index in [-0.39, 0.29) is 23.8 Å². The lowest BCUT2D eigenvalue weighted by atomic mass is 10.2. The van der Waals surface area contributed by atoms with E-state index in [1.165, 1.54) is 14.0 Å². The number of halogens is 4. The van der Waals surface area contributed by atoms with Crippen LogP contribution < -0.4 is 5.32 Å². The summed E-state index contributed by atoms with van der Waals surface area (Å²) in [7, 11) is 1.35. The summed E-state index contributed by atoms with van der Waals surface area (Å²) in [4.78, 5) is 27.2. The van der Waals surface area contributed by atoms with Crippen LogP contribution in [-0.2, 0) is 15.8 Å². The van der Waals surface area contributed by atoms with Gasteiger partial charge in [0, 0.05) is 26.2 Å². The molecule has 1 aromatic rings. The Morgan fingerprint density at radius 3 is 2.57 bits per heavy atom. The van der Waals surface area contributed by atoms with Crippen LogP contribution in [0.4, 0.5) is 19.0 Å². The lowest BCUT2D eigenvalue weighted by Gasteiger charge is -2.21.